The predicted molar refractivity (Wildman–Crippen MR) is 104 cm³/mol. The van der Waals surface area contributed by atoms with Gasteiger partial charge in [-0.2, -0.15) is 0 Å². The lowest BCUT2D eigenvalue weighted by Gasteiger charge is -2.38. The minimum atomic E-state index is -0.565. The number of carbonyl (C=O) groups is 1. The molecule has 1 aromatic heterocycles. The first-order valence-corrected chi connectivity index (χ1v) is 9.64. The number of carbonyl (C=O) groups excluding carboxylic acids is 1. The maximum Gasteiger partial charge on any atom is 0.227 e. The highest BCUT2D eigenvalue weighted by molar-refractivity contribution is 5.77. The second-order valence-corrected chi connectivity index (χ2v) is 7.45. The Hall–Kier alpha value is -2.51. The zero-order chi connectivity index (χ0) is 19.5. The maximum absolute atomic E-state index is 14.1. The molecule has 4 rings (SSSR count). The van der Waals surface area contributed by atoms with Crippen LogP contribution in [0.2, 0.25) is 0 Å². The third-order valence-corrected chi connectivity index (χ3v) is 5.54. The van der Waals surface area contributed by atoms with Gasteiger partial charge in [-0.1, -0.05) is 18.2 Å². The van der Waals surface area contributed by atoms with E-state index in [0.29, 0.717) is 18.1 Å². The Labute approximate surface area is 164 Å². The molecule has 2 fully saturated rings. The van der Waals surface area contributed by atoms with Gasteiger partial charge in [-0.25, -0.2) is 4.39 Å². The predicted octanol–water partition coefficient (Wildman–Crippen LogP) is 2.54. The van der Waals surface area contributed by atoms with Gasteiger partial charge >= 0.3 is 0 Å². The van der Waals surface area contributed by atoms with E-state index in [1.54, 1.807) is 18.0 Å². The molecule has 7 heteroatoms. The van der Waals surface area contributed by atoms with Gasteiger partial charge in [0.2, 0.25) is 5.91 Å². The lowest BCUT2D eigenvalue weighted by Crippen LogP contribution is -2.55. The van der Waals surface area contributed by atoms with Crippen molar-refractivity contribution in [2.75, 3.05) is 31.6 Å². The molecular weight excluding hydrogens is 359 g/mol. The smallest absolute Gasteiger partial charge is 0.227 e. The first-order valence-electron chi connectivity index (χ1n) is 9.64. The van der Waals surface area contributed by atoms with Crippen LogP contribution in [0, 0.1) is 11.7 Å². The van der Waals surface area contributed by atoms with Crippen LogP contribution in [-0.4, -0.2) is 48.9 Å². The van der Waals surface area contributed by atoms with Crippen molar-refractivity contribution in [3.05, 3.63) is 60.2 Å². The summed E-state index contributed by atoms with van der Waals surface area (Å²) in [6.07, 6.45) is 3.39. The molecule has 3 atom stereocenters. The van der Waals surface area contributed by atoms with Gasteiger partial charge in [0.1, 0.15) is 5.82 Å². The highest BCUT2D eigenvalue weighted by atomic mass is 19.1. The van der Waals surface area contributed by atoms with Gasteiger partial charge in [0.05, 0.1) is 12.8 Å². The molecule has 1 N–H and O–H groups in total. The van der Waals surface area contributed by atoms with Crippen molar-refractivity contribution in [3.63, 3.8) is 0 Å². The zero-order valence-electron chi connectivity index (χ0n) is 15.9. The number of halogens is 1. The van der Waals surface area contributed by atoms with E-state index in [2.05, 4.69) is 27.3 Å². The number of anilines is 1. The van der Waals surface area contributed by atoms with Crippen molar-refractivity contribution in [2.45, 2.75) is 25.2 Å². The number of rotatable bonds is 5. The molecule has 148 valence electrons. The molecule has 28 heavy (non-hydrogen) atoms. The van der Waals surface area contributed by atoms with Crippen molar-refractivity contribution in [1.82, 2.24) is 15.2 Å². The second-order valence-electron chi connectivity index (χ2n) is 7.45. The molecule has 2 saturated heterocycles. The van der Waals surface area contributed by atoms with Gasteiger partial charge in [0, 0.05) is 56.0 Å². The fourth-order valence-corrected chi connectivity index (χ4v) is 3.89. The van der Waals surface area contributed by atoms with Crippen LogP contribution in [0.3, 0.4) is 0 Å². The van der Waals surface area contributed by atoms with E-state index in [1.165, 1.54) is 18.1 Å². The van der Waals surface area contributed by atoms with Crippen LogP contribution in [0.25, 0.3) is 0 Å². The summed E-state index contributed by atoms with van der Waals surface area (Å²) < 4.78 is 20.1. The SMILES string of the molecule is CN1C(=O)CC(c2ccncc2F)NC1OC[C@@H]1CCN(c2ccccc2)C1. The Bertz CT molecular complexity index is 819. The van der Waals surface area contributed by atoms with Gasteiger partial charge in [0.15, 0.2) is 6.35 Å². The lowest BCUT2D eigenvalue weighted by molar-refractivity contribution is -0.158. The van der Waals surface area contributed by atoms with E-state index in [4.69, 9.17) is 4.74 Å². The number of nitrogens with one attached hydrogen (secondary N) is 1. The van der Waals surface area contributed by atoms with Crippen LogP contribution in [0.5, 0.6) is 0 Å². The topological polar surface area (TPSA) is 57.7 Å². The minimum Gasteiger partial charge on any atom is -0.371 e. The van der Waals surface area contributed by atoms with Crippen LogP contribution in [0.15, 0.2) is 48.8 Å². The molecule has 0 saturated carbocycles. The monoisotopic (exact) mass is 384 g/mol. The Morgan fingerprint density at radius 3 is 2.89 bits per heavy atom. The average molecular weight is 384 g/mol. The van der Waals surface area contributed by atoms with Crippen molar-refractivity contribution >= 4 is 11.6 Å². The molecule has 1 amide bonds. The van der Waals surface area contributed by atoms with Crippen LogP contribution in [-0.2, 0) is 9.53 Å². The summed E-state index contributed by atoms with van der Waals surface area (Å²) in [7, 11) is 1.71. The molecule has 2 aromatic rings. The number of nitrogens with zero attached hydrogens (tertiary/aromatic N) is 3. The number of aromatic nitrogens is 1. The Morgan fingerprint density at radius 1 is 1.29 bits per heavy atom. The summed E-state index contributed by atoms with van der Waals surface area (Å²) in [5.74, 6) is -0.0868. The summed E-state index contributed by atoms with van der Waals surface area (Å²) in [5, 5.41) is 3.26. The second kappa shape index (κ2) is 8.24. The van der Waals surface area contributed by atoms with E-state index in [0.717, 1.165) is 19.5 Å². The molecule has 2 aliphatic rings. The molecule has 1 aromatic carbocycles. The molecule has 0 aliphatic carbocycles. The fourth-order valence-electron chi connectivity index (χ4n) is 3.89. The zero-order valence-corrected chi connectivity index (χ0v) is 15.9. The molecule has 0 bridgehead atoms. The van der Waals surface area contributed by atoms with Crippen LogP contribution in [0.4, 0.5) is 10.1 Å². The number of para-hydroxylation sites is 1. The minimum absolute atomic E-state index is 0.0673. The van der Waals surface area contributed by atoms with E-state index in [-0.39, 0.29) is 12.3 Å². The van der Waals surface area contributed by atoms with E-state index in [1.807, 2.05) is 18.2 Å². The number of ether oxygens (including phenoxy) is 1. The Morgan fingerprint density at radius 2 is 2.11 bits per heavy atom. The molecule has 0 radical (unpaired) electrons. The summed E-state index contributed by atoms with van der Waals surface area (Å²) in [4.78, 5) is 20.1. The average Bonchev–Trinajstić information content (AvgIpc) is 3.19. The van der Waals surface area contributed by atoms with Crippen molar-refractivity contribution in [3.8, 4) is 0 Å². The normalized spacial score (nSPS) is 25.4. The van der Waals surface area contributed by atoms with Crippen molar-refractivity contribution < 1.29 is 13.9 Å². The Balaban J connectivity index is 1.36. The molecular formula is C21H25FN4O2. The molecule has 6 nitrogen and oxygen atoms in total. The standard InChI is InChI=1S/C21H25FN4O2/c1-25-20(27)11-19(17-7-9-23-12-18(17)22)24-21(25)28-14-15-8-10-26(13-15)16-5-3-2-4-6-16/h2-7,9,12,15,19,21,24H,8,10-11,13-14H2,1H3/t15-,19?,21?/m1/s1. The van der Waals surface area contributed by atoms with E-state index in [9.17, 15) is 9.18 Å². The number of pyridine rings is 1. The van der Waals surface area contributed by atoms with Crippen LogP contribution in [0.1, 0.15) is 24.4 Å². The summed E-state index contributed by atoms with van der Waals surface area (Å²) >= 11 is 0. The number of amides is 1. The lowest BCUT2D eigenvalue weighted by atomic mass is 10.0. The fraction of sp³-hybridized carbons (Fsp3) is 0.429. The number of hydrogen-bond donors (Lipinski definition) is 1. The van der Waals surface area contributed by atoms with E-state index >= 15 is 0 Å². The molecule has 3 heterocycles. The van der Waals surface area contributed by atoms with Gasteiger partial charge in [-0.05, 0) is 24.6 Å². The van der Waals surface area contributed by atoms with Crippen LogP contribution < -0.4 is 10.2 Å². The summed E-state index contributed by atoms with van der Waals surface area (Å²) in [5.41, 5.74) is 1.67. The van der Waals surface area contributed by atoms with Gasteiger partial charge in [0.25, 0.3) is 0 Å². The Kier molecular flexibility index (Phi) is 5.54. The molecule has 0 spiro atoms. The highest BCUT2D eigenvalue weighted by Gasteiger charge is 2.34. The molecule has 2 unspecified atom stereocenters. The van der Waals surface area contributed by atoms with Crippen molar-refractivity contribution in [1.29, 1.82) is 0 Å². The number of benzene rings is 1. The van der Waals surface area contributed by atoms with Gasteiger partial charge < -0.3 is 14.5 Å². The first kappa shape index (κ1) is 18.8. The van der Waals surface area contributed by atoms with Gasteiger partial charge in [-0.3, -0.25) is 15.1 Å². The third-order valence-electron chi connectivity index (χ3n) is 5.54. The quantitative estimate of drug-likeness (QED) is 0.859. The number of hydrogen-bond acceptors (Lipinski definition) is 5. The highest BCUT2D eigenvalue weighted by Crippen LogP contribution is 2.27. The first-order chi connectivity index (χ1) is 13.6. The van der Waals surface area contributed by atoms with E-state index < -0.39 is 18.2 Å². The largest absolute Gasteiger partial charge is 0.371 e. The third kappa shape index (κ3) is 4.00. The summed E-state index contributed by atoms with van der Waals surface area (Å²) in [6.45, 7) is 2.47. The summed E-state index contributed by atoms with van der Waals surface area (Å²) in [6, 6.07) is 11.5. The maximum atomic E-state index is 14.1. The van der Waals surface area contributed by atoms with Crippen molar-refractivity contribution in [2.24, 2.45) is 5.92 Å². The van der Waals surface area contributed by atoms with Crippen LogP contribution >= 0.6 is 0 Å². The molecule has 2 aliphatic heterocycles. The van der Waals surface area contributed by atoms with Gasteiger partial charge in [-0.15, -0.1) is 0 Å².